The fourth-order valence-corrected chi connectivity index (χ4v) is 5.53. The minimum Gasteiger partial charge on any atom is -0.345 e. The molecule has 2 saturated heterocycles. The van der Waals surface area contributed by atoms with Crippen molar-refractivity contribution in [3.8, 4) is 0 Å². The fraction of sp³-hybridized carbons (Fsp3) is 0.588. The number of piperazine rings is 1. The molecule has 1 atom stereocenters. The minimum atomic E-state index is -3.49. The topological polar surface area (TPSA) is 81.3 Å². The molecule has 7 nitrogen and oxygen atoms in total. The molecule has 0 bridgehead atoms. The van der Waals surface area contributed by atoms with Crippen molar-refractivity contribution in [3.63, 3.8) is 0 Å². The minimum absolute atomic E-state index is 0.309. The number of aromatic amines is 1. The molecule has 2 N–H and O–H groups in total. The number of hydrogen-bond donors (Lipinski definition) is 2. The predicted molar refractivity (Wildman–Crippen MR) is 96.9 cm³/mol. The molecular formula is C17H25N5O2S. The molecule has 4 rings (SSSR count). The Morgan fingerprint density at radius 3 is 2.80 bits per heavy atom. The van der Waals surface area contributed by atoms with Crippen LogP contribution < -0.4 is 5.32 Å². The summed E-state index contributed by atoms with van der Waals surface area (Å²) in [6.07, 6.45) is 4.41. The highest BCUT2D eigenvalue weighted by atomic mass is 32.2. The first-order valence-electron chi connectivity index (χ1n) is 8.83. The van der Waals surface area contributed by atoms with Crippen molar-refractivity contribution in [2.75, 3.05) is 45.8 Å². The molecule has 8 heteroatoms. The lowest BCUT2D eigenvalue weighted by Gasteiger charge is -2.38. The number of sulfonamides is 1. The number of rotatable bonds is 4. The van der Waals surface area contributed by atoms with Crippen molar-refractivity contribution < 1.29 is 8.42 Å². The van der Waals surface area contributed by atoms with E-state index in [0.29, 0.717) is 34.4 Å². The summed E-state index contributed by atoms with van der Waals surface area (Å²) in [5.74, 6) is 0. The monoisotopic (exact) mass is 363 g/mol. The van der Waals surface area contributed by atoms with Crippen LogP contribution in [0.2, 0.25) is 0 Å². The zero-order valence-corrected chi connectivity index (χ0v) is 15.3. The first-order valence-corrected chi connectivity index (χ1v) is 10.3. The first kappa shape index (κ1) is 17.0. The Bertz CT molecular complexity index is 849. The summed E-state index contributed by atoms with van der Waals surface area (Å²) in [7, 11) is -3.49. The molecule has 2 aliphatic heterocycles. The Morgan fingerprint density at radius 1 is 1.28 bits per heavy atom. The molecule has 0 saturated carbocycles. The van der Waals surface area contributed by atoms with E-state index in [-0.39, 0.29) is 0 Å². The van der Waals surface area contributed by atoms with Gasteiger partial charge in [0.2, 0.25) is 10.0 Å². The molecule has 0 aromatic carbocycles. The average molecular weight is 363 g/mol. The Labute approximate surface area is 148 Å². The molecule has 2 fully saturated rings. The van der Waals surface area contributed by atoms with Gasteiger partial charge in [-0.05, 0) is 30.5 Å². The zero-order valence-electron chi connectivity index (χ0n) is 14.5. The molecule has 0 radical (unpaired) electrons. The van der Waals surface area contributed by atoms with Gasteiger partial charge in [0.05, 0.1) is 0 Å². The van der Waals surface area contributed by atoms with Crippen LogP contribution in [0.1, 0.15) is 13.3 Å². The molecule has 0 amide bonds. The standard InChI is InChI=1S/C17H25N5O2S/c1-17(4-6-18-12-17)13-21-7-9-22(10-8-21)25(23,24)15-11-20-16-14(15)3-2-5-19-16/h2-3,5,11,18H,4,6-10,12-13H2,1H3,(H,19,20). The van der Waals surface area contributed by atoms with Crippen LogP contribution in [-0.2, 0) is 10.0 Å². The Morgan fingerprint density at radius 2 is 2.08 bits per heavy atom. The Kier molecular flexibility index (Phi) is 4.31. The van der Waals surface area contributed by atoms with Gasteiger partial charge < -0.3 is 15.2 Å². The van der Waals surface area contributed by atoms with Gasteiger partial charge >= 0.3 is 0 Å². The second kappa shape index (κ2) is 6.35. The third-order valence-electron chi connectivity index (χ3n) is 5.42. The molecule has 2 aromatic rings. The van der Waals surface area contributed by atoms with E-state index in [0.717, 1.165) is 32.7 Å². The predicted octanol–water partition coefficient (Wildman–Crippen LogP) is 0.869. The highest BCUT2D eigenvalue weighted by Gasteiger charge is 2.34. The summed E-state index contributed by atoms with van der Waals surface area (Å²) in [6.45, 7) is 8.13. The number of fused-ring (bicyclic) bond motifs is 1. The lowest BCUT2D eigenvalue weighted by atomic mass is 9.89. The summed E-state index contributed by atoms with van der Waals surface area (Å²) in [6, 6.07) is 3.57. The van der Waals surface area contributed by atoms with Gasteiger partial charge in [0, 0.05) is 57.0 Å². The molecule has 0 aliphatic carbocycles. The van der Waals surface area contributed by atoms with Gasteiger partial charge in [-0.3, -0.25) is 0 Å². The van der Waals surface area contributed by atoms with Crippen LogP contribution in [0.3, 0.4) is 0 Å². The Balaban J connectivity index is 1.46. The summed E-state index contributed by atoms with van der Waals surface area (Å²) in [4.78, 5) is 9.87. The fourth-order valence-electron chi connectivity index (χ4n) is 3.95. The van der Waals surface area contributed by atoms with Crippen LogP contribution in [0, 0.1) is 5.41 Å². The molecule has 2 aliphatic rings. The third-order valence-corrected chi connectivity index (χ3v) is 7.36. The van der Waals surface area contributed by atoms with E-state index in [2.05, 4.69) is 27.1 Å². The summed E-state index contributed by atoms with van der Waals surface area (Å²) >= 11 is 0. The highest BCUT2D eigenvalue weighted by molar-refractivity contribution is 7.89. The molecule has 0 spiro atoms. The van der Waals surface area contributed by atoms with E-state index in [4.69, 9.17) is 0 Å². The molecule has 2 aromatic heterocycles. The largest absolute Gasteiger partial charge is 0.345 e. The lowest BCUT2D eigenvalue weighted by Crippen LogP contribution is -2.51. The summed E-state index contributed by atoms with van der Waals surface area (Å²) in [5.41, 5.74) is 0.921. The molecule has 1 unspecified atom stereocenters. The van der Waals surface area contributed by atoms with Crippen molar-refractivity contribution in [3.05, 3.63) is 24.5 Å². The second-order valence-electron chi connectivity index (χ2n) is 7.47. The van der Waals surface area contributed by atoms with Crippen LogP contribution in [0.4, 0.5) is 0 Å². The lowest BCUT2D eigenvalue weighted by molar-refractivity contribution is 0.132. The van der Waals surface area contributed by atoms with E-state index in [9.17, 15) is 8.42 Å². The van der Waals surface area contributed by atoms with Crippen LogP contribution in [0.5, 0.6) is 0 Å². The normalized spacial score (nSPS) is 26.4. The first-order chi connectivity index (χ1) is 12.0. The van der Waals surface area contributed by atoms with E-state index in [1.807, 2.05) is 0 Å². The number of H-pyrrole nitrogens is 1. The molecule has 25 heavy (non-hydrogen) atoms. The van der Waals surface area contributed by atoms with Crippen molar-refractivity contribution in [2.45, 2.75) is 18.2 Å². The number of aromatic nitrogens is 2. The number of nitrogens with zero attached hydrogens (tertiary/aromatic N) is 3. The van der Waals surface area contributed by atoms with Crippen LogP contribution in [0.25, 0.3) is 11.0 Å². The van der Waals surface area contributed by atoms with Crippen LogP contribution in [-0.4, -0.2) is 73.4 Å². The van der Waals surface area contributed by atoms with Gasteiger partial charge in [-0.25, -0.2) is 13.4 Å². The summed E-state index contributed by atoms with van der Waals surface area (Å²) in [5, 5.41) is 4.09. The van der Waals surface area contributed by atoms with Crippen molar-refractivity contribution in [2.24, 2.45) is 5.41 Å². The van der Waals surface area contributed by atoms with E-state index < -0.39 is 10.0 Å². The summed E-state index contributed by atoms with van der Waals surface area (Å²) < 4.78 is 27.7. The second-order valence-corrected chi connectivity index (χ2v) is 9.38. The maximum absolute atomic E-state index is 13.0. The van der Waals surface area contributed by atoms with Crippen LogP contribution >= 0.6 is 0 Å². The SMILES string of the molecule is CC1(CN2CCN(S(=O)(=O)c3c[nH]c4ncccc34)CC2)CCNC1. The molecule has 4 heterocycles. The van der Waals surface area contributed by atoms with Crippen molar-refractivity contribution in [1.82, 2.24) is 24.5 Å². The number of pyridine rings is 1. The Hall–Kier alpha value is -1.48. The maximum Gasteiger partial charge on any atom is 0.245 e. The quantitative estimate of drug-likeness (QED) is 0.842. The van der Waals surface area contributed by atoms with Crippen molar-refractivity contribution in [1.29, 1.82) is 0 Å². The third kappa shape index (κ3) is 3.19. The average Bonchev–Trinajstić information content (AvgIpc) is 3.22. The van der Waals surface area contributed by atoms with Crippen molar-refractivity contribution >= 4 is 21.1 Å². The highest BCUT2D eigenvalue weighted by Crippen LogP contribution is 2.28. The van der Waals surface area contributed by atoms with Gasteiger partial charge in [-0.15, -0.1) is 0 Å². The molecular weight excluding hydrogens is 338 g/mol. The van der Waals surface area contributed by atoms with Gasteiger partial charge in [0.15, 0.2) is 0 Å². The smallest absolute Gasteiger partial charge is 0.245 e. The van der Waals surface area contributed by atoms with Gasteiger partial charge in [0.1, 0.15) is 10.5 Å². The van der Waals surface area contributed by atoms with Gasteiger partial charge in [-0.1, -0.05) is 6.92 Å². The zero-order chi connectivity index (χ0) is 17.5. The van der Waals surface area contributed by atoms with E-state index >= 15 is 0 Å². The molecule has 136 valence electrons. The van der Waals surface area contributed by atoms with Gasteiger partial charge in [-0.2, -0.15) is 4.31 Å². The van der Waals surface area contributed by atoms with E-state index in [1.165, 1.54) is 6.42 Å². The van der Waals surface area contributed by atoms with Crippen LogP contribution in [0.15, 0.2) is 29.4 Å². The van der Waals surface area contributed by atoms with E-state index in [1.54, 1.807) is 28.8 Å². The maximum atomic E-state index is 13.0. The number of nitrogens with one attached hydrogen (secondary N) is 2. The van der Waals surface area contributed by atoms with Gasteiger partial charge in [0.25, 0.3) is 0 Å². The number of hydrogen-bond acceptors (Lipinski definition) is 5.